The highest BCUT2D eigenvalue weighted by molar-refractivity contribution is 5.94. The molecule has 0 unspecified atom stereocenters. The van der Waals surface area contributed by atoms with Crippen LogP contribution in [0.4, 0.5) is 8.78 Å². The van der Waals surface area contributed by atoms with Crippen LogP contribution in [0.1, 0.15) is 46.1 Å². The Hall–Kier alpha value is -3.95. The smallest absolute Gasteiger partial charge is 0.281 e. The molecule has 10 heteroatoms. The predicted octanol–water partition coefficient (Wildman–Crippen LogP) is 3.17. The van der Waals surface area contributed by atoms with Gasteiger partial charge in [0, 0.05) is 25.1 Å². The van der Waals surface area contributed by atoms with Crippen LogP contribution in [0.2, 0.25) is 0 Å². The number of carbonyl (C=O) groups excluding carboxylic acids is 1. The number of amides is 1. The Morgan fingerprint density at radius 3 is 2.74 bits per heavy atom. The van der Waals surface area contributed by atoms with Gasteiger partial charge in [-0.05, 0) is 37.5 Å². The zero-order valence-corrected chi connectivity index (χ0v) is 18.5. The average Bonchev–Trinajstić information content (AvgIpc) is 3.23. The van der Waals surface area contributed by atoms with Gasteiger partial charge in [-0.15, -0.1) is 5.10 Å². The van der Waals surface area contributed by atoms with E-state index in [1.54, 1.807) is 4.68 Å². The average molecular weight is 464 g/mol. The number of piperidine rings is 1. The molecule has 8 nitrogen and oxygen atoms in total. The van der Waals surface area contributed by atoms with E-state index in [0.717, 1.165) is 23.3 Å². The molecule has 2 aromatic carbocycles. The number of aryl methyl sites for hydroxylation is 1. The van der Waals surface area contributed by atoms with Crippen molar-refractivity contribution >= 4 is 17.1 Å². The summed E-state index contributed by atoms with van der Waals surface area (Å²) in [5.41, 5.74) is 2.07. The van der Waals surface area contributed by atoms with Crippen LogP contribution in [0, 0.1) is 18.6 Å². The van der Waals surface area contributed by atoms with Crippen LogP contribution in [0.15, 0.2) is 47.3 Å². The first-order valence-electron chi connectivity index (χ1n) is 11.0. The molecule has 174 valence electrons. The Kier molecular flexibility index (Phi) is 5.64. The van der Waals surface area contributed by atoms with Gasteiger partial charge in [0.15, 0.2) is 11.2 Å². The van der Waals surface area contributed by atoms with Gasteiger partial charge >= 0.3 is 0 Å². The van der Waals surface area contributed by atoms with Crippen molar-refractivity contribution in [3.63, 3.8) is 0 Å². The highest BCUT2D eigenvalue weighted by Gasteiger charge is 2.29. The number of aromatic amines is 1. The van der Waals surface area contributed by atoms with E-state index in [0.29, 0.717) is 43.5 Å². The molecule has 0 saturated carbocycles. The summed E-state index contributed by atoms with van der Waals surface area (Å²) in [5, 5.41) is 8.09. The SMILES string of the molecule is Cc1ccc(Cn2nnc3c(=O)[nH]c([C@H]4CCCN(C(=O)c5ccc(F)cc5F)C4)nc32)cc1. The zero-order valence-electron chi connectivity index (χ0n) is 18.5. The Bertz CT molecular complexity index is 1430. The number of H-pyrrole nitrogens is 1. The van der Waals surface area contributed by atoms with Crippen molar-refractivity contribution in [3.8, 4) is 0 Å². The molecule has 1 aliphatic heterocycles. The molecule has 0 bridgehead atoms. The Morgan fingerprint density at radius 2 is 1.97 bits per heavy atom. The summed E-state index contributed by atoms with van der Waals surface area (Å²) in [7, 11) is 0. The van der Waals surface area contributed by atoms with Gasteiger partial charge in [0.05, 0.1) is 12.1 Å². The number of benzene rings is 2. The molecule has 3 heterocycles. The van der Waals surface area contributed by atoms with Gasteiger partial charge in [0.2, 0.25) is 0 Å². The molecular formula is C24H22F2N6O2. The van der Waals surface area contributed by atoms with E-state index in [9.17, 15) is 18.4 Å². The Morgan fingerprint density at radius 1 is 1.18 bits per heavy atom. The fourth-order valence-electron chi connectivity index (χ4n) is 4.27. The standard InChI is InChI=1S/C24H22F2N6O2/c1-14-4-6-15(7-5-14)12-32-22-20(29-30-32)23(33)28-21(27-22)16-3-2-10-31(13-16)24(34)18-9-8-17(25)11-19(18)26/h4-9,11,16H,2-3,10,12-13H2,1H3,(H,27,28,33)/t16-/m0/s1. The zero-order chi connectivity index (χ0) is 23.8. The van der Waals surface area contributed by atoms with Gasteiger partial charge in [-0.25, -0.2) is 18.4 Å². The van der Waals surface area contributed by atoms with Crippen molar-refractivity contribution in [2.45, 2.75) is 32.2 Å². The second-order valence-corrected chi connectivity index (χ2v) is 8.57. The lowest BCUT2D eigenvalue weighted by molar-refractivity contribution is 0.0699. The molecule has 1 N–H and O–H groups in total. The van der Waals surface area contributed by atoms with Gasteiger partial charge in [-0.2, -0.15) is 0 Å². The molecule has 1 fully saturated rings. The van der Waals surface area contributed by atoms with Gasteiger partial charge in [-0.1, -0.05) is 35.0 Å². The van der Waals surface area contributed by atoms with E-state index in [1.165, 1.54) is 4.90 Å². The van der Waals surface area contributed by atoms with Crippen LogP contribution in [0.5, 0.6) is 0 Å². The predicted molar refractivity (Wildman–Crippen MR) is 120 cm³/mol. The molecule has 0 spiro atoms. The second kappa shape index (κ2) is 8.77. The summed E-state index contributed by atoms with van der Waals surface area (Å²) >= 11 is 0. The number of carbonyl (C=O) groups is 1. The van der Waals surface area contributed by atoms with E-state index in [2.05, 4.69) is 20.3 Å². The van der Waals surface area contributed by atoms with Crippen molar-refractivity contribution in [3.05, 3.63) is 87.0 Å². The summed E-state index contributed by atoms with van der Waals surface area (Å²) in [6.45, 7) is 3.10. The maximum atomic E-state index is 14.1. The topological polar surface area (TPSA) is 96.8 Å². The molecule has 2 aromatic heterocycles. The third kappa shape index (κ3) is 4.18. The Balaban J connectivity index is 1.42. The molecule has 1 amide bonds. The number of nitrogens with one attached hydrogen (secondary N) is 1. The molecule has 4 aromatic rings. The number of rotatable bonds is 4. The quantitative estimate of drug-likeness (QED) is 0.501. The third-order valence-corrected chi connectivity index (χ3v) is 6.10. The molecule has 1 atom stereocenters. The normalized spacial score (nSPS) is 16.2. The number of aromatic nitrogens is 5. The van der Waals surface area contributed by atoms with Gasteiger partial charge in [-0.3, -0.25) is 9.59 Å². The maximum Gasteiger partial charge on any atom is 0.281 e. The first-order valence-corrected chi connectivity index (χ1v) is 11.0. The van der Waals surface area contributed by atoms with Crippen molar-refractivity contribution in [2.75, 3.05) is 13.1 Å². The fraction of sp³-hybridized carbons (Fsp3) is 0.292. The lowest BCUT2D eigenvalue weighted by Gasteiger charge is -2.32. The molecule has 34 heavy (non-hydrogen) atoms. The van der Waals surface area contributed by atoms with E-state index in [4.69, 9.17) is 0 Å². The van der Waals surface area contributed by atoms with Crippen LogP contribution in [0.3, 0.4) is 0 Å². The highest BCUT2D eigenvalue weighted by atomic mass is 19.1. The van der Waals surface area contributed by atoms with Crippen molar-refractivity contribution in [1.29, 1.82) is 0 Å². The monoisotopic (exact) mass is 464 g/mol. The number of likely N-dealkylation sites (tertiary alicyclic amines) is 1. The van der Waals surface area contributed by atoms with Crippen LogP contribution < -0.4 is 5.56 Å². The number of hydrogen-bond donors (Lipinski definition) is 1. The van der Waals surface area contributed by atoms with Crippen molar-refractivity contribution in [2.24, 2.45) is 0 Å². The van der Waals surface area contributed by atoms with Crippen molar-refractivity contribution < 1.29 is 13.6 Å². The summed E-state index contributed by atoms with van der Waals surface area (Å²) in [6, 6.07) is 10.9. The van der Waals surface area contributed by atoms with Crippen molar-refractivity contribution in [1.82, 2.24) is 29.9 Å². The molecule has 1 saturated heterocycles. The lowest BCUT2D eigenvalue weighted by atomic mass is 9.96. The highest BCUT2D eigenvalue weighted by Crippen LogP contribution is 2.26. The fourth-order valence-corrected chi connectivity index (χ4v) is 4.27. The summed E-state index contributed by atoms with van der Waals surface area (Å²) in [4.78, 5) is 34.5. The first kappa shape index (κ1) is 21.9. The third-order valence-electron chi connectivity index (χ3n) is 6.10. The Labute approximate surface area is 193 Å². The van der Waals surface area contributed by atoms with E-state index in [1.807, 2.05) is 31.2 Å². The lowest BCUT2D eigenvalue weighted by Crippen LogP contribution is -2.40. The molecule has 0 radical (unpaired) electrons. The summed E-state index contributed by atoms with van der Waals surface area (Å²) in [6.07, 6.45) is 1.35. The van der Waals surface area contributed by atoms with Gasteiger partial charge in [0.25, 0.3) is 11.5 Å². The van der Waals surface area contributed by atoms with Gasteiger partial charge in [0.1, 0.15) is 17.5 Å². The minimum Gasteiger partial charge on any atom is -0.338 e. The molecular weight excluding hydrogens is 442 g/mol. The van der Waals surface area contributed by atoms with Gasteiger partial charge < -0.3 is 9.88 Å². The second-order valence-electron chi connectivity index (χ2n) is 8.57. The van der Waals surface area contributed by atoms with E-state index in [-0.39, 0.29) is 23.5 Å². The number of hydrogen-bond acceptors (Lipinski definition) is 5. The minimum atomic E-state index is -0.897. The number of halogens is 2. The largest absolute Gasteiger partial charge is 0.338 e. The minimum absolute atomic E-state index is 0.146. The number of nitrogens with zero attached hydrogens (tertiary/aromatic N) is 5. The van der Waals surface area contributed by atoms with E-state index < -0.39 is 23.1 Å². The van der Waals surface area contributed by atoms with E-state index >= 15 is 0 Å². The summed E-state index contributed by atoms with van der Waals surface area (Å²) in [5.74, 6) is -1.97. The van der Waals surface area contributed by atoms with Crippen LogP contribution >= 0.6 is 0 Å². The van der Waals surface area contributed by atoms with Crippen LogP contribution in [-0.2, 0) is 6.54 Å². The molecule has 5 rings (SSSR count). The molecule has 1 aliphatic rings. The maximum absolute atomic E-state index is 14.1. The van der Waals surface area contributed by atoms with Crippen LogP contribution in [0.25, 0.3) is 11.2 Å². The molecule has 0 aliphatic carbocycles. The summed E-state index contributed by atoms with van der Waals surface area (Å²) < 4.78 is 29.0. The first-order chi connectivity index (χ1) is 16.4. The van der Waals surface area contributed by atoms with Crippen LogP contribution in [-0.4, -0.2) is 48.9 Å². The number of fused-ring (bicyclic) bond motifs is 1.